The van der Waals surface area contributed by atoms with E-state index in [0.29, 0.717) is 19.6 Å². The molecule has 1 saturated heterocycles. The Kier molecular flexibility index (Phi) is 4.13. The molecule has 0 spiro atoms. The van der Waals surface area contributed by atoms with Gasteiger partial charge in [-0.15, -0.1) is 0 Å². The van der Waals surface area contributed by atoms with Crippen LogP contribution in [0, 0.1) is 0 Å². The van der Waals surface area contributed by atoms with Crippen LogP contribution in [-0.2, 0) is 6.42 Å². The van der Waals surface area contributed by atoms with Gasteiger partial charge < -0.3 is 15.1 Å². The SMILES string of the molecule is O=C1Nc2ccccc2CCN1C1CCN(C(=O)n2ccnc2)CC1. The van der Waals surface area contributed by atoms with E-state index >= 15 is 0 Å². The predicted molar refractivity (Wildman–Crippen MR) is 93.5 cm³/mol. The van der Waals surface area contributed by atoms with E-state index in [0.717, 1.165) is 24.9 Å². The van der Waals surface area contributed by atoms with Gasteiger partial charge in [-0.05, 0) is 30.9 Å². The van der Waals surface area contributed by atoms with Crippen molar-refractivity contribution in [1.29, 1.82) is 0 Å². The zero-order valence-corrected chi connectivity index (χ0v) is 14.0. The average molecular weight is 339 g/mol. The number of aromatic nitrogens is 2. The molecule has 2 aromatic rings. The molecule has 3 amide bonds. The highest BCUT2D eigenvalue weighted by Crippen LogP contribution is 2.24. The Labute approximate surface area is 146 Å². The van der Waals surface area contributed by atoms with Crippen molar-refractivity contribution in [3.05, 3.63) is 48.5 Å². The number of urea groups is 1. The van der Waals surface area contributed by atoms with Gasteiger partial charge in [0, 0.05) is 43.8 Å². The predicted octanol–water partition coefficient (Wildman–Crippen LogP) is 2.41. The summed E-state index contributed by atoms with van der Waals surface area (Å²) in [5, 5.41) is 3.02. The maximum atomic E-state index is 12.6. The molecule has 0 saturated carbocycles. The van der Waals surface area contributed by atoms with Crippen LogP contribution in [0.15, 0.2) is 43.0 Å². The molecule has 0 unspecified atom stereocenters. The average Bonchev–Trinajstić information content (AvgIpc) is 3.12. The van der Waals surface area contributed by atoms with Crippen LogP contribution in [0.5, 0.6) is 0 Å². The number of hydrogen-bond acceptors (Lipinski definition) is 3. The van der Waals surface area contributed by atoms with Crippen LogP contribution < -0.4 is 5.32 Å². The number of carbonyl (C=O) groups excluding carboxylic acids is 2. The molecule has 4 rings (SSSR count). The number of anilines is 1. The van der Waals surface area contributed by atoms with E-state index in [1.807, 2.05) is 28.0 Å². The third-order valence-corrected chi connectivity index (χ3v) is 5.04. The van der Waals surface area contributed by atoms with Crippen LogP contribution in [0.4, 0.5) is 15.3 Å². The molecule has 2 aliphatic heterocycles. The van der Waals surface area contributed by atoms with Gasteiger partial charge in [0.2, 0.25) is 0 Å². The number of fused-ring (bicyclic) bond motifs is 1. The molecule has 0 bridgehead atoms. The molecule has 0 aliphatic carbocycles. The number of para-hydroxylation sites is 1. The maximum absolute atomic E-state index is 12.6. The lowest BCUT2D eigenvalue weighted by atomic mass is 10.0. The standard InChI is InChI=1S/C18H21N5O2/c24-17-20-16-4-2-1-3-14(16)5-11-23(17)15-6-9-21(10-7-15)18(25)22-12-8-19-13-22/h1-4,8,12-13,15H,5-7,9-11H2,(H,20,24). The van der Waals surface area contributed by atoms with Gasteiger partial charge in [-0.1, -0.05) is 18.2 Å². The summed E-state index contributed by atoms with van der Waals surface area (Å²) in [4.78, 5) is 32.6. The lowest BCUT2D eigenvalue weighted by molar-refractivity contribution is 0.135. The van der Waals surface area contributed by atoms with E-state index in [9.17, 15) is 9.59 Å². The number of amides is 3. The quantitative estimate of drug-likeness (QED) is 0.867. The van der Waals surface area contributed by atoms with Gasteiger partial charge >= 0.3 is 12.1 Å². The highest BCUT2D eigenvalue weighted by molar-refractivity contribution is 5.91. The van der Waals surface area contributed by atoms with E-state index < -0.39 is 0 Å². The summed E-state index contributed by atoms with van der Waals surface area (Å²) in [5.74, 6) is 0. The molecule has 7 nitrogen and oxygen atoms in total. The van der Waals surface area contributed by atoms with Gasteiger partial charge in [0.1, 0.15) is 6.33 Å². The van der Waals surface area contributed by atoms with Gasteiger partial charge in [-0.25, -0.2) is 14.6 Å². The van der Waals surface area contributed by atoms with Crippen LogP contribution in [-0.4, -0.2) is 57.1 Å². The molecule has 1 fully saturated rings. The van der Waals surface area contributed by atoms with Crippen molar-refractivity contribution in [2.24, 2.45) is 0 Å². The monoisotopic (exact) mass is 339 g/mol. The normalized spacial score (nSPS) is 18.5. The summed E-state index contributed by atoms with van der Waals surface area (Å²) >= 11 is 0. The first-order valence-corrected chi connectivity index (χ1v) is 8.65. The maximum Gasteiger partial charge on any atom is 0.329 e. The fourth-order valence-electron chi connectivity index (χ4n) is 3.64. The van der Waals surface area contributed by atoms with Crippen molar-refractivity contribution in [3.63, 3.8) is 0 Å². The Morgan fingerprint density at radius 1 is 1.16 bits per heavy atom. The number of benzene rings is 1. The first-order valence-electron chi connectivity index (χ1n) is 8.65. The molecule has 130 valence electrons. The number of hydrogen-bond donors (Lipinski definition) is 1. The van der Waals surface area contributed by atoms with E-state index in [2.05, 4.69) is 16.4 Å². The van der Waals surface area contributed by atoms with Crippen molar-refractivity contribution in [1.82, 2.24) is 19.4 Å². The summed E-state index contributed by atoms with van der Waals surface area (Å²) in [6, 6.07) is 8.03. The fourth-order valence-corrected chi connectivity index (χ4v) is 3.64. The van der Waals surface area contributed by atoms with Gasteiger partial charge in [0.05, 0.1) is 0 Å². The van der Waals surface area contributed by atoms with Crippen molar-refractivity contribution < 1.29 is 9.59 Å². The minimum absolute atomic E-state index is 0.0377. The molecular weight excluding hydrogens is 318 g/mol. The van der Waals surface area contributed by atoms with Crippen LogP contribution in [0.3, 0.4) is 0 Å². The molecule has 0 radical (unpaired) electrons. The molecular formula is C18H21N5O2. The smallest absolute Gasteiger partial charge is 0.324 e. The molecule has 1 aromatic carbocycles. The molecule has 0 atom stereocenters. The second kappa shape index (κ2) is 6.58. The number of carbonyl (C=O) groups is 2. The summed E-state index contributed by atoms with van der Waals surface area (Å²) in [6.45, 7) is 2.01. The number of imidazole rings is 1. The lowest BCUT2D eigenvalue weighted by Crippen LogP contribution is -2.50. The van der Waals surface area contributed by atoms with Crippen LogP contribution in [0.1, 0.15) is 18.4 Å². The number of nitrogens with zero attached hydrogens (tertiary/aromatic N) is 4. The van der Waals surface area contributed by atoms with Gasteiger partial charge in [-0.3, -0.25) is 4.57 Å². The Balaban J connectivity index is 1.39. The molecule has 7 heteroatoms. The molecule has 1 N–H and O–H groups in total. The zero-order chi connectivity index (χ0) is 17.2. The van der Waals surface area contributed by atoms with Crippen molar-refractivity contribution in [2.45, 2.75) is 25.3 Å². The Hall–Kier alpha value is -2.83. The van der Waals surface area contributed by atoms with E-state index in [1.54, 1.807) is 12.4 Å². The highest BCUT2D eigenvalue weighted by atomic mass is 16.2. The Morgan fingerprint density at radius 3 is 2.72 bits per heavy atom. The molecule has 25 heavy (non-hydrogen) atoms. The largest absolute Gasteiger partial charge is 0.329 e. The van der Waals surface area contributed by atoms with E-state index in [-0.39, 0.29) is 18.1 Å². The van der Waals surface area contributed by atoms with Crippen molar-refractivity contribution >= 4 is 17.7 Å². The second-order valence-electron chi connectivity index (χ2n) is 6.50. The third kappa shape index (κ3) is 3.09. The first-order chi connectivity index (χ1) is 12.2. The van der Waals surface area contributed by atoms with Crippen LogP contribution in [0.25, 0.3) is 0 Å². The van der Waals surface area contributed by atoms with Crippen LogP contribution in [0.2, 0.25) is 0 Å². The van der Waals surface area contributed by atoms with Gasteiger partial charge in [0.25, 0.3) is 0 Å². The van der Waals surface area contributed by atoms with E-state index in [1.165, 1.54) is 16.5 Å². The minimum atomic E-state index is -0.0522. The third-order valence-electron chi connectivity index (χ3n) is 5.04. The Bertz CT molecular complexity index is 766. The van der Waals surface area contributed by atoms with Crippen molar-refractivity contribution in [2.75, 3.05) is 25.0 Å². The highest BCUT2D eigenvalue weighted by Gasteiger charge is 2.31. The van der Waals surface area contributed by atoms with E-state index in [4.69, 9.17) is 0 Å². The summed E-state index contributed by atoms with van der Waals surface area (Å²) in [7, 11) is 0. The minimum Gasteiger partial charge on any atom is -0.324 e. The topological polar surface area (TPSA) is 70.5 Å². The molecule has 1 aromatic heterocycles. The summed E-state index contributed by atoms with van der Waals surface area (Å²) in [5.41, 5.74) is 2.08. The first kappa shape index (κ1) is 15.7. The number of nitrogens with one attached hydrogen (secondary N) is 1. The second-order valence-corrected chi connectivity index (χ2v) is 6.50. The molecule has 3 heterocycles. The van der Waals surface area contributed by atoms with Crippen LogP contribution >= 0.6 is 0 Å². The number of likely N-dealkylation sites (tertiary alicyclic amines) is 1. The molecule has 2 aliphatic rings. The van der Waals surface area contributed by atoms with Gasteiger partial charge in [0.15, 0.2) is 0 Å². The fraction of sp³-hybridized carbons (Fsp3) is 0.389. The Morgan fingerprint density at radius 2 is 1.96 bits per heavy atom. The van der Waals surface area contributed by atoms with Crippen molar-refractivity contribution in [3.8, 4) is 0 Å². The lowest BCUT2D eigenvalue weighted by Gasteiger charge is -2.37. The number of piperidine rings is 1. The van der Waals surface area contributed by atoms with Gasteiger partial charge in [-0.2, -0.15) is 0 Å². The number of rotatable bonds is 1. The summed E-state index contributed by atoms with van der Waals surface area (Å²) in [6.07, 6.45) is 7.23. The summed E-state index contributed by atoms with van der Waals surface area (Å²) < 4.78 is 1.50. The zero-order valence-electron chi connectivity index (χ0n) is 14.0.